The Kier molecular flexibility index (Phi) is 11.6. The Hall–Kier alpha value is -2.18. The van der Waals surface area contributed by atoms with E-state index in [0.717, 1.165) is 11.5 Å². The number of hydrogen-bond donors (Lipinski definition) is 2. The Labute approximate surface area is 305 Å². The van der Waals surface area contributed by atoms with E-state index in [2.05, 4.69) is 20.5 Å². The summed E-state index contributed by atoms with van der Waals surface area (Å²) in [5, 5.41) is 30.0. The van der Waals surface area contributed by atoms with E-state index in [9.17, 15) is 31.0 Å². The van der Waals surface area contributed by atoms with Gasteiger partial charge in [0.05, 0.1) is 27.0 Å². The summed E-state index contributed by atoms with van der Waals surface area (Å²) in [6, 6.07) is 17.8. The smallest absolute Gasteiger partial charge is 0.870 e. The van der Waals surface area contributed by atoms with Crippen molar-refractivity contribution in [2.24, 2.45) is 20.5 Å². The Morgan fingerprint density at radius 2 is 1.34 bits per heavy atom. The fourth-order valence-electron chi connectivity index (χ4n) is 4.15. The van der Waals surface area contributed by atoms with Crippen LogP contribution in [0.15, 0.2) is 103 Å². The molecular weight excluding hydrogens is 675 g/mol. The summed E-state index contributed by atoms with van der Waals surface area (Å²) < 4.78 is 70.9. The van der Waals surface area contributed by atoms with E-state index >= 15 is 0 Å². The zero-order valence-corrected chi connectivity index (χ0v) is 29.9. The second kappa shape index (κ2) is 14.1. The van der Waals surface area contributed by atoms with Gasteiger partial charge in [-0.2, -0.15) is 8.42 Å². The van der Waals surface area contributed by atoms with Crippen LogP contribution in [0.4, 0.5) is 28.4 Å². The molecule has 0 bridgehead atoms. The van der Waals surface area contributed by atoms with Gasteiger partial charge in [-0.15, -0.1) is 20.5 Å². The Morgan fingerprint density at radius 3 is 2.02 bits per heavy atom. The molecule has 0 radical (unpaired) electrons. The molecule has 5 rings (SSSR count). The third-order valence-corrected chi connectivity index (χ3v) is 8.30. The van der Waals surface area contributed by atoms with Gasteiger partial charge >= 0.3 is 59.1 Å². The quantitative estimate of drug-likeness (QED) is 0.113. The van der Waals surface area contributed by atoms with Crippen LogP contribution >= 0.6 is 23.2 Å². The van der Waals surface area contributed by atoms with Crippen LogP contribution in [-0.4, -0.2) is 25.9 Å². The predicted molar refractivity (Wildman–Crippen MR) is 154 cm³/mol. The molecule has 44 heavy (non-hydrogen) atoms. The van der Waals surface area contributed by atoms with Crippen LogP contribution in [0.2, 0.25) is 10.0 Å². The molecule has 3 N–H and O–H groups in total. The largest absolute Gasteiger partial charge is 1.00 e. The molecule has 0 fully saturated rings. The first-order valence-corrected chi connectivity index (χ1v) is 15.2. The van der Waals surface area contributed by atoms with E-state index in [0.29, 0.717) is 11.5 Å². The number of benzene rings is 5. The molecule has 12 nitrogen and oxygen atoms in total. The summed E-state index contributed by atoms with van der Waals surface area (Å²) in [4.78, 5) is -2.00. The van der Waals surface area contributed by atoms with Crippen molar-refractivity contribution < 1.29 is 90.2 Å². The van der Waals surface area contributed by atoms with Gasteiger partial charge in [0.1, 0.15) is 26.4 Å². The van der Waals surface area contributed by atoms with Crippen molar-refractivity contribution in [2.45, 2.75) is 9.79 Å². The van der Waals surface area contributed by atoms with E-state index in [1.54, 1.807) is 30.3 Å². The van der Waals surface area contributed by atoms with Gasteiger partial charge in [0.15, 0.2) is 0 Å². The van der Waals surface area contributed by atoms with Gasteiger partial charge in [-0.05, 0) is 47.2 Å². The van der Waals surface area contributed by atoms with Gasteiger partial charge in [-0.25, -0.2) is 8.42 Å². The molecule has 0 saturated heterocycles. The molecule has 0 spiro atoms. The van der Waals surface area contributed by atoms with Crippen LogP contribution in [-0.2, 0) is 20.2 Å². The number of azo groups is 2. The van der Waals surface area contributed by atoms with Crippen molar-refractivity contribution >= 4 is 93.4 Å². The van der Waals surface area contributed by atoms with Gasteiger partial charge in [0.25, 0.3) is 10.1 Å². The Bertz CT molecular complexity index is 2210. The van der Waals surface area contributed by atoms with E-state index in [1.807, 2.05) is 12.1 Å². The van der Waals surface area contributed by atoms with Crippen molar-refractivity contribution in [3.63, 3.8) is 0 Å². The average Bonchev–Trinajstić information content (AvgIpc) is 2.92. The molecule has 0 amide bonds. The number of rotatable bonds is 6. The van der Waals surface area contributed by atoms with Gasteiger partial charge < -0.3 is 15.4 Å². The zero-order valence-electron chi connectivity index (χ0n) is 22.8. The molecule has 0 aliphatic heterocycles. The predicted octanol–water partition coefficient (Wildman–Crippen LogP) is 0.945. The van der Waals surface area contributed by atoms with Gasteiger partial charge in [0, 0.05) is 15.8 Å². The van der Waals surface area contributed by atoms with Crippen molar-refractivity contribution in [3.05, 3.63) is 82.8 Å². The number of nitrogens with two attached hydrogens (primary N) is 1. The van der Waals surface area contributed by atoms with Crippen molar-refractivity contribution in [3.8, 4) is 5.75 Å². The van der Waals surface area contributed by atoms with Gasteiger partial charge in [-0.1, -0.05) is 65.3 Å². The maximum atomic E-state index is 13.6. The molecule has 18 heteroatoms. The zero-order chi connectivity index (χ0) is 30.4. The third-order valence-electron chi connectivity index (χ3n) is 6.03. The first-order valence-electron chi connectivity index (χ1n) is 11.6. The van der Waals surface area contributed by atoms with Crippen LogP contribution in [0, 0.1) is 0 Å². The normalized spacial score (nSPS) is 12.1. The molecule has 5 aromatic carbocycles. The van der Waals surface area contributed by atoms with Crippen molar-refractivity contribution in [2.75, 3.05) is 5.73 Å². The maximum absolute atomic E-state index is 13.6. The summed E-state index contributed by atoms with van der Waals surface area (Å²) in [5.41, 5.74) is 4.28. The number of halogens is 2. The molecule has 0 heterocycles. The van der Waals surface area contributed by atoms with Crippen molar-refractivity contribution in [1.29, 1.82) is 0 Å². The van der Waals surface area contributed by atoms with Crippen molar-refractivity contribution in [1.82, 2.24) is 0 Å². The summed E-state index contributed by atoms with van der Waals surface area (Å²) in [7, 11) is -10.4. The first-order chi connectivity index (χ1) is 19.8. The van der Waals surface area contributed by atoms with Gasteiger partial charge in [0.2, 0.25) is 0 Å². The molecule has 0 aromatic heterocycles. The second-order valence-electron chi connectivity index (χ2n) is 8.71. The van der Waals surface area contributed by atoms with Crippen LogP contribution in [0.1, 0.15) is 0 Å². The molecule has 0 aliphatic carbocycles. The Balaban J connectivity index is 0.00000264. The van der Waals surface area contributed by atoms with E-state index in [1.165, 1.54) is 18.2 Å². The number of anilines is 1. The minimum Gasteiger partial charge on any atom is -0.870 e. The molecule has 0 saturated carbocycles. The second-order valence-corrected chi connectivity index (χ2v) is 12.3. The van der Waals surface area contributed by atoms with Crippen LogP contribution in [0.5, 0.6) is 5.75 Å². The number of nitrogen functional groups attached to an aromatic ring is 1. The molecule has 0 atom stereocenters. The number of nitrogens with zero attached hydrogens (tertiary/aromatic N) is 4. The van der Waals surface area contributed by atoms with E-state index in [-0.39, 0.29) is 80.5 Å². The topological polar surface area (TPSA) is 210 Å². The third kappa shape index (κ3) is 7.44. The fraction of sp³-hybridized carbons (Fsp3) is 0. The molecular formula is C26H15Cl2N5Na2O7S2. The van der Waals surface area contributed by atoms with Gasteiger partial charge in [-0.3, -0.25) is 4.55 Å². The van der Waals surface area contributed by atoms with E-state index in [4.69, 9.17) is 28.9 Å². The molecule has 5 aromatic rings. The summed E-state index contributed by atoms with van der Waals surface area (Å²) >= 11 is 12.0. The standard InChI is InChI=1S/C26H17Cl2N5O7S2.2Na/c27-15-8-9-17(28)19(12-15)31-32-24-20(41(35,36)37)10-14-11-21(42(38,39)40)25(26(34)22(14)23(24)29)33-30-18-7-3-5-13-4-1-2-6-16(13)18;;/h1-12,34H,29H2,(H,35,36,37)(H,38,39,40);;/q;2*+1/p-2. The molecule has 0 aliphatic rings. The SMILES string of the molecule is Nc1c(N=Nc2cc(Cl)ccc2Cl)c(S(=O)(=O)[O-])cc2cc(S(=O)(=O)O)c(N=Nc3cccc4ccccc34)c([O-])c12.[Na+].[Na+]. The Morgan fingerprint density at radius 1 is 0.727 bits per heavy atom. The maximum Gasteiger partial charge on any atom is 1.00 e. The fourth-order valence-corrected chi connectivity index (χ4v) is 5.78. The minimum atomic E-state index is -5.31. The summed E-state index contributed by atoms with van der Waals surface area (Å²) in [6.45, 7) is 0. The minimum absolute atomic E-state index is 0. The number of hydrogen-bond acceptors (Lipinski definition) is 11. The van der Waals surface area contributed by atoms with Crippen LogP contribution < -0.4 is 70.0 Å². The number of fused-ring (bicyclic) bond motifs is 2. The first kappa shape index (κ1) is 36.3. The molecule has 214 valence electrons. The van der Waals surface area contributed by atoms with E-state index < -0.39 is 63.6 Å². The monoisotopic (exact) mass is 689 g/mol. The summed E-state index contributed by atoms with van der Waals surface area (Å²) in [5.74, 6) is -1.14. The van der Waals surface area contributed by atoms with Crippen LogP contribution in [0.3, 0.4) is 0 Å². The summed E-state index contributed by atoms with van der Waals surface area (Å²) in [6.07, 6.45) is 0. The average molecular weight is 690 g/mol. The van der Waals surface area contributed by atoms with Crippen LogP contribution in [0.25, 0.3) is 21.5 Å². The molecule has 0 unspecified atom stereocenters.